The first kappa shape index (κ1) is 19.1. The van der Waals surface area contributed by atoms with Gasteiger partial charge in [0.1, 0.15) is 0 Å². The van der Waals surface area contributed by atoms with Gasteiger partial charge in [-0.15, -0.1) is 0 Å². The summed E-state index contributed by atoms with van der Waals surface area (Å²) < 4.78 is 16.0. The lowest BCUT2D eigenvalue weighted by molar-refractivity contribution is 0.0601. The largest absolute Gasteiger partial charge is 0.465 e. The molecule has 27 heavy (non-hydrogen) atoms. The molecule has 0 spiro atoms. The Morgan fingerprint density at radius 3 is 1.81 bits per heavy atom. The number of rotatable bonds is 4. The third-order valence-corrected chi connectivity index (χ3v) is 4.38. The Morgan fingerprint density at radius 1 is 0.852 bits per heavy atom. The third kappa shape index (κ3) is 3.88. The van der Waals surface area contributed by atoms with Gasteiger partial charge >= 0.3 is 17.8 Å². The summed E-state index contributed by atoms with van der Waals surface area (Å²) in [5.74, 6) is -2.43. The number of benzene rings is 1. The fourth-order valence-electron chi connectivity index (χ4n) is 2.34. The molecule has 0 fully saturated rings. The minimum Gasteiger partial charge on any atom is -0.465 e. The number of nitrogens with zero attached hydrogens (tertiary/aromatic N) is 1. The SMILES string of the molecule is COC(=O)c1ccccc1N(C(=O)c1ccc(Br)o1)C(=O)c1ccc(Br)o1. The monoisotopic (exact) mass is 495 g/mol. The number of furan rings is 2. The highest BCUT2D eigenvalue weighted by atomic mass is 79.9. The van der Waals surface area contributed by atoms with E-state index in [0.29, 0.717) is 9.34 Å². The first-order chi connectivity index (χ1) is 12.9. The fraction of sp³-hybridized carbons (Fsp3) is 0.0556. The molecule has 0 atom stereocenters. The Hall–Kier alpha value is -2.65. The summed E-state index contributed by atoms with van der Waals surface area (Å²) in [5.41, 5.74) is 0.0809. The van der Waals surface area contributed by atoms with Gasteiger partial charge in [-0.25, -0.2) is 9.69 Å². The van der Waals surface area contributed by atoms with Crippen LogP contribution in [0.2, 0.25) is 0 Å². The van der Waals surface area contributed by atoms with E-state index in [0.717, 1.165) is 4.90 Å². The van der Waals surface area contributed by atoms with Gasteiger partial charge < -0.3 is 13.6 Å². The number of anilines is 1. The molecule has 0 aliphatic rings. The maximum Gasteiger partial charge on any atom is 0.339 e. The maximum atomic E-state index is 13.0. The topological polar surface area (TPSA) is 90.0 Å². The van der Waals surface area contributed by atoms with Crippen molar-refractivity contribution in [2.75, 3.05) is 12.0 Å². The van der Waals surface area contributed by atoms with Gasteiger partial charge in [-0.1, -0.05) is 12.1 Å². The molecular formula is C18H11Br2NO6. The summed E-state index contributed by atoms with van der Waals surface area (Å²) in [4.78, 5) is 39.0. The predicted octanol–water partition coefficient (Wildman–Crippen LogP) is 4.67. The van der Waals surface area contributed by atoms with Crippen LogP contribution in [0, 0.1) is 0 Å². The van der Waals surface area contributed by atoms with E-state index in [1.807, 2.05) is 0 Å². The number of carbonyl (C=O) groups is 3. The van der Waals surface area contributed by atoms with E-state index in [9.17, 15) is 14.4 Å². The van der Waals surface area contributed by atoms with Gasteiger partial charge in [-0.05, 0) is 68.3 Å². The summed E-state index contributed by atoms with van der Waals surface area (Å²) in [6, 6.07) is 11.9. The molecule has 0 aliphatic heterocycles. The van der Waals surface area contributed by atoms with Crippen molar-refractivity contribution < 1.29 is 28.0 Å². The molecule has 3 rings (SSSR count). The second-order valence-corrected chi connectivity index (χ2v) is 6.73. The number of ether oxygens (including phenoxy) is 1. The van der Waals surface area contributed by atoms with Gasteiger partial charge in [-0.3, -0.25) is 9.59 Å². The highest BCUT2D eigenvalue weighted by molar-refractivity contribution is 9.10. The number of carbonyl (C=O) groups excluding carboxylic acids is 3. The standard InChI is InChI=1S/C18H11Br2NO6/c1-25-18(24)10-4-2-3-5-11(10)21(16(22)12-6-8-14(19)26-12)17(23)13-7-9-15(20)27-13/h2-9H,1H3. The number of methoxy groups -OCH3 is 1. The lowest BCUT2D eigenvalue weighted by atomic mass is 10.1. The zero-order chi connectivity index (χ0) is 19.6. The van der Waals surface area contributed by atoms with Crippen LogP contribution in [0.3, 0.4) is 0 Å². The van der Waals surface area contributed by atoms with Crippen molar-refractivity contribution in [3.8, 4) is 0 Å². The van der Waals surface area contributed by atoms with Crippen molar-refractivity contribution in [1.29, 1.82) is 0 Å². The van der Waals surface area contributed by atoms with Crippen molar-refractivity contribution in [3.05, 3.63) is 75.0 Å². The molecule has 9 heteroatoms. The van der Waals surface area contributed by atoms with Crippen LogP contribution in [-0.4, -0.2) is 24.9 Å². The predicted molar refractivity (Wildman–Crippen MR) is 102 cm³/mol. The van der Waals surface area contributed by atoms with Crippen LogP contribution in [0.5, 0.6) is 0 Å². The normalized spacial score (nSPS) is 10.5. The molecule has 2 heterocycles. The second-order valence-electron chi connectivity index (χ2n) is 5.16. The Bertz CT molecular complexity index is 970. The van der Waals surface area contributed by atoms with Crippen LogP contribution in [0.1, 0.15) is 31.5 Å². The summed E-state index contributed by atoms with van der Waals surface area (Å²) >= 11 is 6.24. The Labute approximate surface area is 170 Å². The minimum atomic E-state index is -0.769. The van der Waals surface area contributed by atoms with E-state index >= 15 is 0 Å². The Morgan fingerprint density at radius 2 is 1.37 bits per heavy atom. The van der Waals surface area contributed by atoms with Crippen molar-refractivity contribution in [1.82, 2.24) is 0 Å². The van der Waals surface area contributed by atoms with Gasteiger partial charge in [0.15, 0.2) is 20.9 Å². The molecule has 0 N–H and O–H groups in total. The molecule has 3 aromatic rings. The fourth-order valence-corrected chi connectivity index (χ4v) is 2.95. The van der Waals surface area contributed by atoms with Gasteiger partial charge in [0.2, 0.25) is 0 Å². The second kappa shape index (κ2) is 7.93. The first-order valence-electron chi connectivity index (χ1n) is 7.49. The van der Waals surface area contributed by atoms with Crippen LogP contribution in [0.15, 0.2) is 66.7 Å². The van der Waals surface area contributed by atoms with Crippen LogP contribution in [0.25, 0.3) is 0 Å². The average Bonchev–Trinajstić information content (AvgIpc) is 3.30. The molecular weight excluding hydrogens is 486 g/mol. The molecule has 0 radical (unpaired) electrons. The molecule has 0 unspecified atom stereocenters. The van der Waals surface area contributed by atoms with E-state index in [2.05, 4.69) is 31.9 Å². The lowest BCUT2D eigenvalue weighted by Crippen LogP contribution is -2.37. The molecule has 0 saturated carbocycles. The number of imide groups is 1. The number of para-hydroxylation sites is 1. The molecule has 0 aliphatic carbocycles. The maximum absolute atomic E-state index is 13.0. The highest BCUT2D eigenvalue weighted by Crippen LogP contribution is 2.27. The lowest BCUT2D eigenvalue weighted by Gasteiger charge is -2.21. The molecule has 1 aromatic carbocycles. The summed E-state index contributed by atoms with van der Waals surface area (Å²) in [6.07, 6.45) is 0. The first-order valence-corrected chi connectivity index (χ1v) is 9.07. The van der Waals surface area contributed by atoms with E-state index in [1.165, 1.54) is 43.5 Å². The molecule has 0 bridgehead atoms. The number of amides is 2. The van der Waals surface area contributed by atoms with E-state index < -0.39 is 17.8 Å². The quantitative estimate of drug-likeness (QED) is 0.385. The summed E-state index contributed by atoms with van der Waals surface area (Å²) in [7, 11) is 1.21. The van der Waals surface area contributed by atoms with Gasteiger partial charge in [0, 0.05) is 0 Å². The van der Waals surface area contributed by atoms with E-state index in [4.69, 9.17) is 13.6 Å². The van der Waals surface area contributed by atoms with Crippen LogP contribution >= 0.6 is 31.9 Å². The molecule has 2 aromatic heterocycles. The number of hydrogen-bond donors (Lipinski definition) is 0. The van der Waals surface area contributed by atoms with Crippen LogP contribution < -0.4 is 4.90 Å². The molecule has 7 nitrogen and oxygen atoms in total. The number of hydrogen-bond acceptors (Lipinski definition) is 6. The molecule has 2 amide bonds. The molecule has 138 valence electrons. The smallest absolute Gasteiger partial charge is 0.339 e. The summed E-state index contributed by atoms with van der Waals surface area (Å²) in [5, 5.41) is 0. The van der Waals surface area contributed by atoms with Crippen LogP contribution in [0.4, 0.5) is 5.69 Å². The highest BCUT2D eigenvalue weighted by Gasteiger charge is 2.32. The van der Waals surface area contributed by atoms with Crippen molar-refractivity contribution in [3.63, 3.8) is 0 Å². The van der Waals surface area contributed by atoms with E-state index in [1.54, 1.807) is 12.1 Å². The minimum absolute atomic E-state index is 0.0398. The van der Waals surface area contributed by atoms with Crippen LogP contribution in [-0.2, 0) is 4.74 Å². The van der Waals surface area contributed by atoms with Gasteiger partial charge in [0.25, 0.3) is 0 Å². The van der Waals surface area contributed by atoms with Gasteiger partial charge in [-0.2, -0.15) is 0 Å². The van der Waals surface area contributed by atoms with Crippen molar-refractivity contribution in [2.45, 2.75) is 0 Å². The Balaban J connectivity index is 2.15. The van der Waals surface area contributed by atoms with Gasteiger partial charge in [0.05, 0.1) is 18.4 Å². The van der Waals surface area contributed by atoms with E-state index in [-0.39, 0.29) is 22.8 Å². The average molecular weight is 497 g/mol. The Kier molecular flexibility index (Phi) is 5.62. The zero-order valence-corrected chi connectivity index (χ0v) is 16.9. The molecule has 0 saturated heterocycles. The van der Waals surface area contributed by atoms with Crippen molar-refractivity contribution in [2.24, 2.45) is 0 Å². The number of esters is 1. The zero-order valence-electron chi connectivity index (χ0n) is 13.8. The summed E-state index contributed by atoms with van der Waals surface area (Å²) in [6.45, 7) is 0. The number of halogens is 2. The van der Waals surface area contributed by atoms with Crippen molar-refractivity contribution >= 4 is 55.3 Å². The third-order valence-electron chi connectivity index (χ3n) is 3.52.